The molecule has 0 spiro atoms. The maximum atomic E-state index is 12.6. The van der Waals surface area contributed by atoms with Crippen LogP contribution in [0.1, 0.15) is 49.4 Å². The fourth-order valence-electron chi connectivity index (χ4n) is 2.90. The summed E-state index contributed by atoms with van der Waals surface area (Å²) in [6.07, 6.45) is 6.01. The lowest BCUT2D eigenvalue weighted by atomic mass is 9.96. The van der Waals surface area contributed by atoms with Crippen LogP contribution in [0.25, 0.3) is 0 Å². The number of carbonyl (C=O) groups excluding carboxylic acids is 1. The van der Waals surface area contributed by atoms with Crippen LogP contribution in [0.15, 0.2) is 22.7 Å². The van der Waals surface area contributed by atoms with Gasteiger partial charge < -0.3 is 4.90 Å². The van der Waals surface area contributed by atoms with Crippen LogP contribution in [0.5, 0.6) is 0 Å². The summed E-state index contributed by atoms with van der Waals surface area (Å²) in [5.41, 5.74) is 0.711. The van der Waals surface area contributed by atoms with Crippen molar-refractivity contribution in [3.8, 4) is 0 Å². The minimum atomic E-state index is 0.116. The molecule has 1 heterocycles. The molecule has 1 saturated heterocycles. The summed E-state index contributed by atoms with van der Waals surface area (Å²) in [5.74, 6) is 0.900. The molecule has 1 aliphatic rings. The van der Waals surface area contributed by atoms with E-state index in [4.69, 9.17) is 11.6 Å². The molecule has 110 valence electrons. The normalized spacial score (nSPS) is 19.8. The predicted molar refractivity (Wildman–Crippen MR) is 87.3 cm³/mol. The second-order valence-corrected chi connectivity index (χ2v) is 6.79. The molecule has 1 aromatic carbocycles. The molecule has 0 aromatic heterocycles. The van der Waals surface area contributed by atoms with Gasteiger partial charge in [0.05, 0.1) is 5.56 Å². The first-order valence-corrected chi connectivity index (χ1v) is 8.53. The second-order valence-electron chi connectivity index (χ2n) is 5.50. The topological polar surface area (TPSA) is 20.3 Å². The van der Waals surface area contributed by atoms with E-state index >= 15 is 0 Å². The van der Waals surface area contributed by atoms with Crippen LogP contribution in [0.3, 0.4) is 0 Å². The molecule has 0 N–H and O–H groups in total. The van der Waals surface area contributed by atoms with Gasteiger partial charge in [-0.15, -0.1) is 0 Å². The molecule has 1 aromatic rings. The third-order valence-corrected chi connectivity index (χ3v) is 4.88. The molecule has 1 amide bonds. The largest absolute Gasteiger partial charge is 0.339 e. The summed E-state index contributed by atoms with van der Waals surface area (Å²) in [7, 11) is 0. The Kier molecular flexibility index (Phi) is 5.91. The lowest BCUT2D eigenvalue weighted by Gasteiger charge is -2.21. The molecule has 20 heavy (non-hydrogen) atoms. The van der Waals surface area contributed by atoms with Gasteiger partial charge in [-0.25, -0.2) is 0 Å². The molecule has 0 aliphatic carbocycles. The molecule has 0 bridgehead atoms. The van der Waals surface area contributed by atoms with E-state index < -0.39 is 0 Å². The Balaban J connectivity index is 2.05. The number of carbonyl (C=O) groups is 1. The van der Waals surface area contributed by atoms with Gasteiger partial charge >= 0.3 is 0 Å². The summed E-state index contributed by atoms with van der Waals surface area (Å²) in [5, 5.41) is 0.646. The quantitative estimate of drug-likeness (QED) is 0.732. The Labute approximate surface area is 134 Å². The van der Waals surface area contributed by atoms with Crippen LogP contribution in [0.4, 0.5) is 0 Å². The maximum Gasteiger partial charge on any atom is 0.254 e. The number of benzene rings is 1. The molecular formula is C16H21BrClNO. The molecule has 4 heteroatoms. The molecular weight excluding hydrogens is 338 g/mol. The van der Waals surface area contributed by atoms with Crippen molar-refractivity contribution < 1.29 is 4.79 Å². The fraction of sp³-hybridized carbons (Fsp3) is 0.562. The lowest BCUT2D eigenvalue weighted by molar-refractivity contribution is 0.0759. The van der Waals surface area contributed by atoms with E-state index in [9.17, 15) is 4.79 Å². The molecule has 1 aliphatic heterocycles. The van der Waals surface area contributed by atoms with Gasteiger partial charge in [-0.3, -0.25) is 4.79 Å². The number of halogens is 2. The standard InChI is InChI=1S/C16H21BrClNO/c1-2-4-12-5-3-9-19(10-8-12)16(20)14-7-6-13(18)11-15(14)17/h6-7,11-12H,2-5,8-10H2,1H3. The third kappa shape index (κ3) is 3.98. The molecule has 1 fully saturated rings. The van der Waals surface area contributed by atoms with Gasteiger partial charge in [0.2, 0.25) is 0 Å². The van der Waals surface area contributed by atoms with Gasteiger partial charge in [-0.1, -0.05) is 31.4 Å². The Morgan fingerprint density at radius 2 is 2.20 bits per heavy atom. The zero-order chi connectivity index (χ0) is 14.5. The highest BCUT2D eigenvalue weighted by Gasteiger charge is 2.22. The zero-order valence-corrected chi connectivity index (χ0v) is 14.2. The van der Waals surface area contributed by atoms with E-state index in [0.717, 1.165) is 36.3 Å². The van der Waals surface area contributed by atoms with Gasteiger partial charge in [0.15, 0.2) is 0 Å². The van der Waals surface area contributed by atoms with Crippen LogP contribution in [0.2, 0.25) is 5.02 Å². The molecule has 0 radical (unpaired) electrons. The fourth-order valence-corrected chi connectivity index (χ4v) is 3.75. The molecule has 1 unspecified atom stereocenters. The predicted octanol–water partition coefficient (Wildman–Crippen LogP) is 5.14. The number of rotatable bonds is 3. The minimum Gasteiger partial charge on any atom is -0.339 e. The van der Waals surface area contributed by atoms with E-state index in [1.807, 2.05) is 11.0 Å². The van der Waals surface area contributed by atoms with Crippen LogP contribution >= 0.6 is 27.5 Å². The van der Waals surface area contributed by atoms with Crippen molar-refractivity contribution in [3.05, 3.63) is 33.3 Å². The van der Waals surface area contributed by atoms with Crippen LogP contribution in [0, 0.1) is 5.92 Å². The van der Waals surface area contributed by atoms with Crippen molar-refractivity contribution >= 4 is 33.4 Å². The summed E-state index contributed by atoms with van der Waals surface area (Å²) in [4.78, 5) is 14.6. The maximum absolute atomic E-state index is 12.6. The van der Waals surface area contributed by atoms with E-state index in [0.29, 0.717) is 10.6 Å². The summed E-state index contributed by atoms with van der Waals surface area (Å²) < 4.78 is 0.782. The highest BCUT2D eigenvalue weighted by Crippen LogP contribution is 2.26. The molecule has 2 rings (SSSR count). The number of hydrogen-bond donors (Lipinski definition) is 0. The van der Waals surface area contributed by atoms with Crippen molar-refractivity contribution in [2.75, 3.05) is 13.1 Å². The number of nitrogens with zero attached hydrogens (tertiary/aromatic N) is 1. The number of amides is 1. The van der Waals surface area contributed by atoms with Gasteiger partial charge in [0.1, 0.15) is 0 Å². The van der Waals surface area contributed by atoms with Gasteiger partial charge in [-0.2, -0.15) is 0 Å². The van der Waals surface area contributed by atoms with E-state index in [1.54, 1.807) is 12.1 Å². The van der Waals surface area contributed by atoms with Crippen molar-refractivity contribution in [2.45, 2.75) is 39.0 Å². The van der Waals surface area contributed by atoms with Gasteiger partial charge in [0, 0.05) is 22.6 Å². The van der Waals surface area contributed by atoms with Crippen molar-refractivity contribution in [1.29, 1.82) is 0 Å². The van der Waals surface area contributed by atoms with Crippen LogP contribution in [-0.2, 0) is 0 Å². The average Bonchev–Trinajstić information content (AvgIpc) is 2.64. The smallest absolute Gasteiger partial charge is 0.254 e. The van der Waals surface area contributed by atoms with Crippen molar-refractivity contribution in [1.82, 2.24) is 4.90 Å². The molecule has 2 nitrogen and oxygen atoms in total. The summed E-state index contributed by atoms with van der Waals surface area (Å²) in [6, 6.07) is 5.37. The first-order valence-electron chi connectivity index (χ1n) is 7.36. The summed E-state index contributed by atoms with van der Waals surface area (Å²) in [6.45, 7) is 3.98. The molecule has 0 saturated carbocycles. The van der Waals surface area contributed by atoms with E-state index in [-0.39, 0.29) is 5.91 Å². The molecule has 1 atom stereocenters. The zero-order valence-electron chi connectivity index (χ0n) is 11.9. The first kappa shape index (κ1) is 15.8. The monoisotopic (exact) mass is 357 g/mol. The van der Waals surface area contributed by atoms with Crippen LogP contribution < -0.4 is 0 Å². The number of likely N-dealkylation sites (tertiary alicyclic amines) is 1. The average molecular weight is 359 g/mol. The van der Waals surface area contributed by atoms with Crippen LogP contribution in [-0.4, -0.2) is 23.9 Å². The number of hydrogen-bond acceptors (Lipinski definition) is 1. The SMILES string of the molecule is CCCC1CCCN(C(=O)c2ccc(Cl)cc2Br)CC1. The first-order chi connectivity index (χ1) is 9.61. The highest BCUT2D eigenvalue weighted by molar-refractivity contribution is 9.10. The summed E-state index contributed by atoms with van der Waals surface area (Å²) >= 11 is 9.37. The Bertz CT molecular complexity index is 478. The lowest BCUT2D eigenvalue weighted by Crippen LogP contribution is -2.32. The van der Waals surface area contributed by atoms with Crippen molar-refractivity contribution in [3.63, 3.8) is 0 Å². The van der Waals surface area contributed by atoms with Gasteiger partial charge in [-0.05, 0) is 59.3 Å². The minimum absolute atomic E-state index is 0.116. The Morgan fingerprint density at radius 1 is 1.40 bits per heavy atom. The third-order valence-electron chi connectivity index (χ3n) is 3.99. The second kappa shape index (κ2) is 7.46. The van der Waals surface area contributed by atoms with E-state index in [2.05, 4.69) is 22.9 Å². The van der Waals surface area contributed by atoms with E-state index in [1.165, 1.54) is 19.3 Å². The highest BCUT2D eigenvalue weighted by atomic mass is 79.9. The Hall–Kier alpha value is -0.540. The van der Waals surface area contributed by atoms with Crippen molar-refractivity contribution in [2.24, 2.45) is 5.92 Å². The Morgan fingerprint density at radius 3 is 2.90 bits per heavy atom. The van der Waals surface area contributed by atoms with Gasteiger partial charge in [0.25, 0.3) is 5.91 Å².